The van der Waals surface area contributed by atoms with Crippen LogP contribution >= 0.6 is 0 Å². The molecule has 3 radical (unpaired) electrons. The van der Waals surface area contributed by atoms with Crippen LogP contribution in [0.25, 0.3) is 0 Å². The molecule has 2 N–H and O–H groups in total. The van der Waals surface area contributed by atoms with Gasteiger partial charge < -0.3 is 40.1 Å². The third kappa shape index (κ3) is 15.5. The molecular weight excluding hydrogens is 1510 g/mol. The normalized spacial score (nSPS) is 46.2. The minimum atomic E-state index is -0.456. The zero-order valence-electron chi connectivity index (χ0n) is 78.7. The topological polar surface area (TPSA) is 215 Å². The van der Waals surface area contributed by atoms with Crippen molar-refractivity contribution in [2.45, 2.75) is 401 Å². The van der Waals surface area contributed by atoms with Gasteiger partial charge in [-0.05, 0) is 352 Å². The molecule has 0 aromatic carbocycles. The number of aliphatic hydroxyl groups is 2. The molecule has 0 aromatic heterocycles. The number of carbonyl (C=O) groups excluding carboxylic acids is 7. The first kappa shape index (κ1) is 105. The van der Waals surface area contributed by atoms with Gasteiger partial charge in [-0.2, -0.15) is 0 Å². The van der Waals surface area contributed by atoms with Crippen molar-refractivity contribution < 1.29 is 103 Å². The molecule has 15 saturated carbocycles. The maximum absolute atomic E-state index is 13.8. The van der Waals surface area contributed by atoms with E-state index in [1.807, 2.05) is 0 Å². The van der Waals surface area contributed by atoms with E-state index in [2.05, 4.69) is 145 Å². The van der Waals surface area contributed by atoms with Gasteiger partial charge in [-0.15, -0.1) is 0 Å². The van der Waals surface area contributed by atoms with E-state index < -0.39 is 34.2 Å². The van der Waals surface area contributed by atoms with Crippen molar-refractivity contribution >= 4 is 50.0 Å². The molecule has 0 bridgehead atoms. The van der Waals surface area contributed by atoms with Crippen molar-refractivity contribution in [3.63, 3.8) is 0 Å². The molecule has 17 heteroatoms. The predicted molar refractivity (Wildman–Crippen MR) is 476 cm³/mol. The Bertz CT molecular complexity index is 3520. The number of hydrogen-bond acceptors (Lipinski definition) is 15. The molecule has 0 saturated heterocycles. The number of ketones is 1. The van der Waals surface area contributed by atoms with E-state index in [4.69, 9.17) is 28.4 Å². The van der Waals surface area contributed by atoms with Crippen molar-refractivity contribution in [2.24, 2.45) is 188 Å². The van der Waals surface area contributed by atoms with E-state index in [0.29, 0.717) is 112 Å². The smallest absolute Gasteiger partial charge is 1.00 e. The van der Waals surface area contributed by atoms with Crippen LogP contribution in [-0.4, -0.2) is 92.8 Å². The molecule has 0 aromatic rings. The molecule has 6 unspecified atom stereocenters. The fourth-order valence-electron chi connectivity index (χ4n) is 35.9. The van der Waals surface area contributed by atoms with E-state index in [1.165, 1.54) is 91.4 Å². The summed E-state index contributed by atoms with van der Waals surface area (Å²) in [5, 5.41) is 21.9. The molecule has 0 aliphatic heterocycles. The number of hydrogen-bond donors (Lipinski definition) is 2. The van der Waals surface area contributed by atoms with Gasteiger partial charge in [0.25, 0.3) is 0 Å². The van der Waals surface area contributed by atoms with Gasteiger partial charge in [0.05, 0.1) is 28.5 Å². The van der Waals surface area contributed by atoms with Gasteiger partial charge in [0, 0.05) is 41.0 Å². The molecule has 15 rings (SSSR count). The van der Waals surface area contributed by atoms with Crippen molar-refractivity contribution in [3.05, 3.63) is 0 Å². The summed E-state index contributed by atoms with van der Waals surface area (Å²) in [6, 6.07) is 0. The predicted octanol–water partition coefficient (Wildman–Crippen LogP) is 20.9. The summed E-state index contributed by atoms with van der Waals surface area (Å²) in [7, 11) is 0. The van der Waals surface area contributed by atoms with Gasteiger partial charge >= 0.3 is 65.4 Å². The number of ether oxygens (including phenoxy) is 6. The van der Waals surface area contributed by atoms with Crippen LogP contribution in [0.5, 0.6) is 0 Å². The Morgan fingerprint density at radius 2 is 0.600 bits per heavy atom. The first-order valence-corrected chi connectivity index (χ1v) is 46.8. The minimum Gasteiger partial charge on any atom is -1.00 e. The van der Waals surface area contributed by atoms with Crippen LogP contribution in [-0.2, 0) is 62.0 Å². The summed E-state index contributed by atoms with van der Waals surface area (Å²) >= 11 is 0. The van der Waals surface area contributed by atoms with Crippen LogP contribution in [0.15, 0.2) is 0 Å². The second-order valence-electron chi connectivity index (χ2n) is 47.3. The van der Waals surface area contributed by atoms with Gasteiger partial charge in [0.15, 0.2) is 0 Å². The monoisotopic (exact) mass is 1690 g/mol. The van der Waals surface area contributed by atoms with E-state index >= 15 is 0 Å². The summed E-state index contributed by atoms with van der Waals surface area (Å²) in [5.41, 5.74) is 0.282. The number of esters is 6. The summed E-state index contributed by atoms with van der Waals surface area (Å²) in [4.78, 5) is 88.4. The van der Waals surface area contributed by atoms with Crippen LogP contribution in [0.3, 0.4) is 0 Å². The molecule has 29 atom stereocenters. The Morgan fingerprint density at radius 3 is 0.867 bits per heavy atom. The Morgan fingerprint density at radius 1 is 0.333 bits per heavy atom. The molecule has 0 heterocycles. The average molecular weight is 1690 g/mol. The van der Waals surface area contributed by atoms with Crippen molar-refractivity contribution in [1.29, 1.82) is 0 Å². The third-order valence-corrected chi connectivity index (χ3v) is 42.3. The van der Waals surface area contributed by atoms with Crippen LogP contribution < -0.4 is 29.6 Å². The van der Waals surface area contributed by atoms with E-state index in [9.17, 15) is 43.8 Å². The van der Waals surface area contributed by atoms with E-state index in [1.54, 1.807) is 0 Å². The molecular formula is C103H177BNaO15. The molecule has 15 aliphatic carbocycles. The summed E-state index contributed by atoms with van der Waals surface area (Å²) in [6.45, 7) is 54.3. The largest absolute Gasteiger partial charge is 1.00 e. The van der Waals surface area contributed by atoms with Gasteiger partial charge in [0.1, 0.15) is 5.78 Å². The maximum atomic E-state index is 13.8. The zero-order chi connectivity index (χ0) is 83.7. The Hall–Kier alpha value is -2.53. The number of aliphatic hydroxyl groups excluding tert-OH is 2. The van der Waals surface area contributed by atoms with Gasteiger partial charge in [0.2, 0.25) is 20.4 Å². The van der Waals surface area contributed by atoms with Crippen molar-refractivity contribution in [1.82, 2.24) is 0 Å². The quantitative estimate of drug-likeness (QED) is 0.0804. The number of Topliss-reactive ketones (excluding diaryl/α,β-unsaturated/α-hetero) is 1. The molecule has 15 aliphatic rings. The third-order valence-electron chi connectivity index (χ3n) is 42.3. The SMILES string of the molecule is C.C.C.C.CC(=O)OCOC(=O)[C@]12CC[C@@H](C(C)C)C1[C@H]1CC[C@@H]3[C@@]4(C)CCC(=O)C(C)(C)C4CC[C@@]3(C)[C@]1(C)CC2.CC(=O)OCOC(=O)[C@]12CC[C@@H](C(C)C)C1[C@H]1CC[C@@H]3[C@@]4(C)CC[C@@H](O)C(C)(C)C4CC[C@@]3(C)[C@]1(C)CC2.CC(=O)OCOC(=O)[C@]12CC[C@@H](C(C)C)C1[C@H]1CC[C@@H]3[C@@]4(C)CC[C@H](O)C(C)(C)C4CC[C@@]3(C)[C@]1(C)CC2.[B].[H-].[Na+]. The molecule has 0 amide bonds. The van der Waals surface area contributed by atoms with Gasteiger partial charge in [-0.1, -0.05) is 175 Å². The number of fused-ring (bicyclic) bond motifs is 21. The van der Waals surface area contributed by atoms with Crippen LogP contribution in [0.2, 0.25) is 0 Å². The van der Waals surface area contributed by atoms with Gasteiger partial charge in [-0.25, -0.2) is 0 Å². The molecule has 15 nitrogen and oxygen atoms in total. The average Bonchev–Trinajstić information content (AvgIpc) is 1.68. The Labute approximate surface area is 757 Å². The van der Waals surface area contributed by atoms with Crippen molar-refractivity contribution in [2.75, 3.05) is 20.4 Å². The molecule has 15 fully saturated rings. The number of rotatable bonds is 12. The minimum absolute atomic E-state index is 0. The fourth-order valence-corrected chi connectivity index (χ4v) is 35.9. The second kappa shape index (κ2) is 36.1. The summed E-state index contributed by atoms with van der Waals surface area (Å²) in [6.07, 6.45) is 31.6. The zero-order valence-corrected chi connectivity index (χ0v) is 79.7. The second-order valence-corrected chi connectivity index (χ2v) is 47.3. The van der Waals surface area contributed by atoms with E-state index in [-0.39, 0.29) is 185 Å². The summed E-state index contributed by atoms with van der Waals surface area (Å²) < 4.78 is 32.1. The first-order chi connectivity index (χ1) is 52.9. The Kier molecular flexibility index (Phi) is 31.4. The fraction of sp³-hybridized carbons (Fsp3) is 0.932. The number of carbonyl (C=O) groups is 7. The molecule has 0 spiro atoms. The van der Waals surface area contributed by atoms with Crippen LogP contribution in [0.4, 0.5) is 0 Å². The standard InChI is InChI=1S/2C33H54O5.C33H52O5.4CH4.B.Na.H/c3*1-20(2)22-11-16-33(28(36)38-19-37-21(3)34)18-17-31(7)23(27(22)33)9-10-25-30(6)14-13-26(35)29(4,5)24(30)12-15-32(25,31)8;;;;;;;/h2*20,22-27,35H,9-19H2,1-8H3;20,22-25,27H,9-19H2,1-8H3;4*1H4;;;/q;;;;;;;;+1;-1/t22-,23+,24?,25+,26+,27?,30-,31+,32+,33-;22-,23+,24?,25+,26-,27?,30-,31+,32+,33-;22-,23+,24?,25+,27?,30-,31+,32+,33-;;;;;;;/m000......./s1. The van der Waals surface area contributed by atoms with Crippen molar-refractivity contribution in [3.8, 4) is 0 Å². The van der Waals surface area contributed by atoms with Crippen LogP contribution in [0, 0.1) is 188 Å². The van der Waals surface area contributed by atoms with Crippen LogP contribution in [0.1, 0.15) is 390 Å². The molecule has 683 valence electrons. The molecule has 120 heavy (non-hydrogen) atoms. The maximum Gasteiger partial charge on any atom is 1.00 e. The van der Waals surface area contributed by atoms with E-state index in [0.717, 1.165) is 122 Å². The Balaban J connectivity index is 0.000000273. The first-order valence-electron chi connectivity index (χ1n) is 46.8. The van der Waals surface area contributed by atoms with Gasteiger partial charge in [-0.3, -0.25) is 33.6 Å². The summed E-state index contributed by atoms with van der Waals surface area (Å²) in [5.74, 6) is 7.99.